The molecule has 0 radical (unpaired) electrons. The molecule has 0 saturated heterocycles. The van der Waals surface area contributed by atoms with Crippen LogP contribution in [0.4, 0.5) is 26.7 Å². The molecular formula is C31H20F5N2O11PS. The molecular weight excluding hydrogens is 734 g/mol. The second-order valence-corrected chi connectivity index (χ2v) is 12.8. The highest BCUT2D eigenvalue weighted by Crippen LogP contribution is 2.46. The fourth-order valence-corrected chi connectivity index (χ4v) is 6.25. The first-order valence-electron chi connectivity index (χ1n) is 13.9. The zero-order chi connectivity index (χ0) is 37.5. The molecule has 5 rings (SSSR count). The van der Waals surface area contributed by atoms with Gasteiger partial charge in [0.1, 0.15) is 28.5 Å². The van der Waals surface area contributed by atoms with Crippen LogP contribution in [-0.2, 0) is 15.9 Å². The summed E-state index contributed by atoms with van der Waals surface area (Å²) in [4.78, 5) is 66.6. The molecule has 51 heavy (non-hydrogen) atoms. The van der Waals surface area contributed by atoms with E-state index in [-0.39, 0.29) is 24.1 Å². The predicted molar refractivity (Wildman–Crippen MR) is 168 cm³/mol. The maximum absolute atomic E-state index is 16.4. The lowest BCUT2D eigenvalue weighted by atomic mass is 9.89. The maximum atomic E-state index is 16.4. The number of thioether (sulfide) groups is 1. The number of carboxylic acid groups (broad SMARTS) is 1. The second-order valence-electron chi connectivity index (χ2n) is 10.6. The number of carbonyl (C=O) groups excluding carboxylic acids is 2. The number of halogens is 5. The summed E-state index contributed by atoms with van der Waals surface area (Å²) in [7, 11) is -4.86. The molecule has 1 aliphatic heterocycles. The Morgan fingerprint density at radius 3 is 2.20 bits per heavy atom. The van der Waals surface area contributed by atoms with E-state index in [0.717, 1.165) is 17.0 Å². The average Bonchev–Trinajstić information content (AvgIpc) is 3.03. The minimum Gasteiger partial charge on any atom is -0.505 e. The molecule has 3 aromatic rings. The average molecular weight is 755 g/mol. The fraction of sp³-hybridized carbons (Fsp3) is 0.0968. The fourth-order valence-electron chi connectivity index (χ4n) is 5.01. The Morgan fingerprint density at radius 1 is 0.922 bits per heavy atom. The van der Waals surface area contributed by atoms with Gasteiger partial charge in [-0.25, -0.2) is 36.1 Å². The minimum absolute atomic E-state index is 0.0512. The number of ketones is 1. The van der Waals surface area contributed by atoms with E-state index in [9.17, 15) is 42.7 Å². The van der Waals surface area contributed by atoms with Crippen molar-refractivity contribution in [3.05, 3.63) is 99.0 Å². The van der Waals surface area contributed by atoms with Gasteiger partial charge in [-0.3, -0.25) is 19.4 Å². The zero-order valence-electron chi connectivity index (χ0n) is 25.2. The van der Waals surface area contributed by atoms with Gasteiger partial charge in [0.2, 0.25) is 5.43 Å². The molecule has 1 heterocycles. The molecule has 2 aliphatic rings. The zero-order valence-corrected chi connectivity index (χ0v) is 26.9. The molecule has 3 aromatic carbocycles. The Hall–Kier alpha value is -5.49. The van der Waals surface area contributed by atoms with Crippen LogP contribution in [-0.4, -0.2) is 55.0 Å². The summed E-state index contributed by atoms with van der Waals surface area (Å²) in [5.74, 6) is -14.5. The molecule has 0 bridgehead atoms. The maximum Gasteiger partial charge on any atom is 0.524 e. The summed E-state index contributed by atoms with van der Waals surface area (Å²) in [6.07, 6.45) is 0. The smallest absolute Gasteiger partial charge is 0.505 e. The van der Waals surface area contributed by atoms with Gasteiger partial charge in [-0.1, -0.05) is 12.1 Å². The van der Waals surface area contributed by atoms with E-state index < -0.39 is 122 Å². The van der Waals surface area contributed by atoms with Crippen LogP contribution in [0.2, 0.25) is 0 Å². The van der Waals surface area contributed by atoms with Crippen LogP contribution in [0, 0.1) is 29.1 Å². The van der Waals surface area contributed by atoms with Crippen molar-refractivity contribution in [2.75, 3.05) is 12.3 Å². The number of nitrogens with two attached hydrogens (primary N) is 1. The van der Waals surface area contributed by atoms with Crippen LogP contribution in [0.15, 0.2) is 62.6 Å². The molecule has 0 fully saturated rings. The number of carbonyl (C=O) groups is 3. The molecule has 0 saturated carbocycles. The van der Waals surface area contributed by atoms with Crippen molar-refractivity contribution in [3.63, 3.8) is 0 Å². The second kappa shape index (κ2) is 14.0. The Balaban J connectivity index is 1.54. The van der Waals surface area contributed by atoms with Crippen LogP contribution in [0.5, 0.6) is 11.5 Å². The third-order valence-electron chi connectivity index (χ3n) is 7.16. The number of rotatable bonds is 11. The SMILES string of the molecule is NC(=O)N(CC(=O)CSc1c(F)c(F)c(C(=O)O)c(-c2c3cc(F)c(=O)cc-3oc3cc(O)c(F)cc23)c1F)Cc1ccc(OP(=O)(O)O)cc1. The highest BCUT2D eigenvalue weighted by atomic mass is 32.2. The summed E-state index contributed by atoms with van der Waals surface area (Å²) in [5.41, 5.74) is -0.258. The number of carboxylic acids is 1. The van der Waals surface area contributed by atoms with Gasteiger partial charge in [-0.15, -0.1) is 11.8 Å². The number of phenolic OH excluding ortho intramolecular Hbond substituents is 1. The van der Waals surface area contributed by atoms with Crippen molar-refractivity contribution in [1.82, 2.24) is 4.90 Å². The Labute approximate surface area is 285 Å². The number of phenols is 1. The van der Waals surface area contributed by atoms with E-state index >= 15 is 13.2 Å². The number of nitrogens with zero attached hydrogens (tertiary/aromatic N) is 1. The van der Waals surface area contributed by atoms with E-state index in [4.69, 9.17) is 19.9 Å². The van der Waals surface area contributed by atoms with Crippen molar-refractivity contribution in [2.45, 2.75) is 11.4 Å². The number of phosphoric acid groups is 1. The number of fused-ring (bicyclic) bond motifs is 2. The summed E-state index contributed by atoms with van der Waals surface area (Å²) < 4.78 is 97.3. The molecule has 0 spiro atoms. The van der Waals surface area contributed by atoms with E-state index in [1.807, 2.05) is 0 Å². The lowest BCUT2D eigenvalue weighted by Crippen LogP contribution is -2.39. The van der Waals surface area contributed by atoms with Gasteiger partial charge < -0.3 is 29.8 Å². The Morgan fingerprint density at radius 2 is 1.59 bits per heavy atom. The van der Waals surface area contributed by atoms with Gasteiger partial charge in [0.15, 0.2) is 34.8 Å². The van der Waals surface area contributed by atoms with Crippen LogP contribution in [0.25, 0.3) is 33.4 Å². The molecule has 266 valence electrons. The highest BCUT2D eigenvalue weighted by Gasteiger charge is 2.34. The Bertz CT molecular complexity index is 2330. The molecule has 0 aromatic heterocycles. The van der Waals surface area contributed by atoms with Crippen LogP contribution in [0.3, 0.4) is 0 Å². The van der Waals surface area contributed by atoms with Crippen molar-refractivity contribution >= 4 is 48.3 Å². The summed E-state index contributed by atoms with van der Waals surface area (Å²) in [6, 6.07) is 6.04. The lowest BCUT2D eigenvalue weighted by molar-refractivity contribution is -0.117. The molecule has 6 N–H and O–H groups in total. The monoisotopic (exact) mass is 754 g/mol. The van der Waals surface area contributed by atoms with Gasteiger partial charge in [-0.2, -0.15) is 0 Å². The number of primary amides is 1. The number of urea groups is 1. The van der Waals surface area contributed by atoms with Crippen molar-refractivity contribution in [1.29, 1.82) is 0 Å². The van der Waals surface area contributed by atoms with Crippen molar-refractivity contribution < 1.29 is 69.8 Å². The third kappa shape index (κ3) is 7.65. The number of benzene rings is 4. The lowest BCUT2D eigenvalue weighted by Gasteiger charge is -2.21. The molecule has 2 amide bonds. The first-order valence-corrected chi connectivity index (χ1v) is 16.4. The van der Waals surface area contributed by atoms with Gasteiger partial charge in [-0.05, 0) is 29.8 Å². The number of phosphoric ester groups is 1. The van der Waals surface area contributed by atoms with E-state index in [0.29, 0.717) is 29.8 Å². The Kier molecular flexibility index (Phi) is 10.1. The standard InChI is InChI=1S/C31H20F5N2O11PS/c32-17-5-15-21(7-19(17)40)48-22-8-20(41)18(33)6-16(22)23(15)24-25(30(42)43)26(34)28(36)29(27(24)35)51-11-13(39)10-38(31(37)44)9-12-1-3-14(4-2-12)49-50(45,46)47/h1-8,40H,9-11H2,(H2,37,44)(H,42,43)(H2,45,46,47). The molecule has 13 nitrogen and oxygen atoms in total. The number of hydrogen-bond donors (Lipinski definition) is 5. The van der Waals surface area contributed by atoms with Gasteiger partial charge in [0.25, 0.3) is 0 Å². The first kappa shape index (κ1) is 36.8. The quantitative estimate of drug-likeness (QED) is 0.0378. The third-order valence-corrected chi connectivity index (χ3v) is 8.73. The number of hydrogen-bond acceptors (Lipinski definition) is 9. The summed E-state index contributed by atoms with van der Waals surface area (Å²) in [5, 5.41) is 19.2. The van der Waals surface area contributed by atoms with Crippen molar-refractivity contribution in [2.24, 2.45) is 5.73 Å². The number of amides is 2. The largest absolute Gasteiger partial charge is 0.524 e. The predicted octanol–water partition coefficient (Wildman–Crippen LogP) is 5.38. The van der Waals surface area contributed by atoms with Gasteiger partial charge in [0.05, 0.1) is 17.2 Å². The highest BCUT2D eigenvalue weighted by molar-refractivity contribution is 8.00. The summed E-state index contributed by atoms with van der Waals surface area (Å²) >= 11 is 0.0512. The topological polar surface area (TPSA) is 218 Å². The number of aromatic hydroxyl groups is 1. The first-order chi connectivity index (χ1) is 23.9. The summed E-state index contributed by atoms with van der Waals surface area (Å²) in [6.45, 7) is -1.09. The van der Waals surface area contributed by atoms with E-state index in [1.165, 1.54) is 12.1 Å². The number of aromatic carboxylic acids is 1. The normalized spacial score (nSPS) is 11.6. The van der Waals surface area contributed by atoms with Gasteiger partial charge >= 0.3 is 19.8 Å². The van der Waals surface area contributed by atoms with Crippen LogP contribution < -0.4 is 15.7 Å². The van der Waals surface area contributed by atoms with E-state index in [1.54, 1.807) is 0 Å². The minimum atomic E-state index is -4.86. The van der Waals surface area contributed by atoms with Crippen molar-refractivity contribution in [3.8, 4) is 33.9 Å². The molecule has 20 heteroatoms. The van der Waals surface area contributed by atoms with E-state index in [2.05, 4.69) is 4.52 Å². The molecule has 1 aliphatic carbocycles. The number of Topliss-reactive ketones (excluding diaryl/α,β-unsaturated/α-hetero) is 1. The molecule has 0 unspecified atom stereocenters. The van der Waals surface area contributed by atoms with Crippen LogP contribution >= 0.6 is 19.6 Å². The van der Waals surface area contributed by atoms with Crippen LogP contribution in [0.1, 0.15) is 15.9 Å². The van der Waals surface area contributed by atoms with Gasteiger partial charge in [0, 0.05) is 40.8 Å². The molecule has 0 atom stereocenters.